The number of hydrogen-bond donors (Lipinski definition) is 1. The molecule has 2 aliphatic rings. The normalized spacial score (nSPS) is 33.4. The number of aromatic nitrogens is 2. The number of ether oxygens (including phenoxy) is 1. The minimum Gasteiger partial charge on any atom is -0.378 e. The highest BCUT2D eigenvalue weighted by molar-refractivity contribution is 5.32. The van der Waals surface area contributed by atoms with Crippen molar-refractivity contribution in [1.82, 2.24) is 9.97 Å². The van der Waals surface area contributed by atoms with Crippen LogP contribution < -0.4 is 5.32 Å². The van der Waals surface area contributed by atoms with E-state index in [0.717, 1.165) is 12.4 Å². The molecule has 1 saturated heterocycles. The van der Waals surface area contributed by atoms with Gasteiger partial charge in [-0.05, 0) is 25.7 Å². The van der Waals surface area contributed by atoms with Gasteiger partial charge in [-0.2, -0.15) is 0 Å². The van der Waals surface area contributed by atoms with Gasteiger partial charge in [-0.15, -0.1) is 0 Å². The molecule has 1 aromatic heterocycles. The summed E-state index contributed by atoms with van der Waals surface area (Å²) in [5.41, 5.74) is 0. The Morgan fingerprint density at radius 3 is 3.12 bits per heavy atom. The van der Waals surface area contributed by atoms with Crippen molar-refractivity contribution in [2.24, 2.45) is 5.92 Å². The maximum atomic E-state index is 5.75. The molecule has 1 aliphatic carbocycles. The van der Waals surface area contributed by atoms with E-state index in [9.17, 15) is 0 Å². The number of rotatable bonds is 2. The first-order valence-electron chi connectivity index (χ1n) is 6.07. The number of anilines is 1. The van der Waals surface area contributed by atoms with Crippen molar-refractivity contribution in [1.29, 1.82) is 0 Å². The molecule has 1 aliphatic heterocycles. The Morgan fingerprint density at radius 2 is 2.25 bits per heavy atom. The minimum absolute atomic E-state index is 0.475. The second-order valence-corrected chi connectivity index (χ2v) is 4.63. The topological polar surface area (TPSA) is 47.0 Å². The van der Waals surface area contributed by atoms with Crippen LogP contribution in [0.2, 0.25) is 0 Å². The summed E-state index contributed by atoms with van der Waals surface area (Å²) >= 11 is 0. The van der Waals surface area contributed by atoms with Crippen LogP contribution in [-0.2, 0) is 4.74 Å². The minimum atomic E-state index is 0.475. The molecule has 0 amide bonds. The van der Waals surface area contributed by atoms with E-state index in [-0.39, 0.29) is 0 Å². The SMILES string of the molecule is c1cnc(N[C@@H]2CCC[C@@H]3OCC[C@H]32)cn1. The average molecular weight is 219 g/mol. The van der Waals surface area contributed by atoms with Crippen LogP contribution in [0.3, 0.4) is 0 Å². The third-order valence-corrected chi connectivity index (χ3v) is 3.68. The molecule has 0 aromatic carbocycles. The fourth-order valence-electron chi connectivity index (χ4n) is 2.92. The van der Waals surface area contributed by atoms with E-state index in [0.29, 0.717) is 18.1 Å². The fourth-order valence-corrected chi connectivity index (χ4v) is 2.92. The van der Waals surface area contributed by atoms with Crippen molar-refractivity contribution in [3.8, 4) is 0 Å². The van der Waals surface area contributed by atoms with E-state index in [1.807, 2.05) is 0 Å². The lowest BCUT2D eigenvalue weighted by molar-refractivity contribution is 0.0619. The fraction of sp³-hybridized carbons (Fsp3) is 0.667. The molecule has 2 fully saturated rings. The van der Waals surface area contributed by atoms with E-state index in [2.05, 4.69) is 15.3 Å². The smallest absolute Gasteiger partial charge is 0.144 e. The maximum absolute atomic E-state index is 5.75. The summed E-state index contributed by atoms with van der Waals surface area (Å²) < 4.78 is 5.75. The van der Waals surface area contributed by atoms with Crippen molar-refractivity contribution >= 4 is 5.82 Å². The number of nitrogens with one attached hydrogen (secondary N) is 1. The summed E-state index contributed by atoms with van der Waals surface area (Å²) in [6.45, 7) is 0.925. The van der Waals surface area contributed by atoms with Gasteiger partial charge in [0, 0.05) is 31.0 Å². The van der Waals surface area contributed by atoms with E-state index in [1.54, 1.807) is 18.6 Å². The van der Waals surface area contributed by atoms with Gasteiger partial charge in [0.2, 0.25) is 0 Å². The highest BCUT2D eigenvalue weighted by Gasteiger charge is 2.37. The quantitative estimate of drug-likeness (QED) is 0.824. The third-order valence-electron chi connectivity index (χ3n) is 3.68. The molecule has 3 rings (SSSR count). The third kappa shape index (κ3) is 1.89. The molecule has 1 saturated carbocycles. The van der Waals surface area contributed by atoms with Crippen molar-refractivity contribution in [3.63, 3.8) is 0 Å². The predicted octanol–water partition coefficient (Wildman–Crippen LogP) is 1.85. The van der Waals surface area contributed by atoms with Crippen LogP contribution in [0.4, 0.5) is 5.82 Å². The van der Waals surface area contributed by atoms with E-state index >= 15 is 0 Å². The Kier molecular flexibility index (Phi) is 2.74. The zero-order chi connectivity index (χ0) is 10.8. The summed E-state index contributed by atoms with van der Waals surface area (Å²) in [5, 5.41) is 3.50. The van der Waals surface area contributed by atoms with Gasteiger partial charge in [-0.25, -0.2) is 4.98 Å². The summed E-state index contributed by atoms with van der Waals surface area (Å²) in [6, 6.07) is 0.512. The lowest BCUT2D eigenvalue weighted by Gasteiger charge is -2.33. The molecule has 1 aromatic rings. The highest BCUT2D eigenvalue weighted by atomic mass is 16.5. The highest BCUT2D eigenvalue weighted by Crippen LogP contribution is 2.35. The largest absolute Gasteiger partial charge is 0.378 e. The Hall–Kier alpha value is -1.16. The van der Waals surface area contributed by atoms with E-state index in [4.69, 9.17) is 4.74 Å². The Balaban J connectivity index is 1.70. The monoisotopic (exact) mass is 219 g/mol. The van der Waals surface area contributed by atoms with Gasteiger partial charge in [0.15, 0.2) is 0 Å². The predicted molar refractivity (Wildman–Crippen MR) is 61.1 cm³/mol. The summed E-state index contributed by atoms with van der Waals surface area (Å²) in [4.78, 5) is 8.35. The first kappa shape index (κ1) is 10.0. The summed E-state index contributed by atoms with van der Waals surface area (Å²) in [7, 11) is 0. The lowest BCUT2D eigenvalue weighted by Crippen LogP contribution is -2.38. The molecule has 16 heavy (non-hydrogen) atoms. The maximum Gasteiger partial charge on any atom is 0.144 e. The molecule has 1 N–H and O–H groups in total. The van der Waals surface area contributed by atoms with Crippen LogP contribution in [0.1, 0.15) is 25.7 Å². The van der Waals surface area contributed by atoms with Crippen LogP contribution in [-0.4, -0.2) is 28.7 Å². The Bertz CT molecular complexity index is 343. The Labute approximate surface area is 95.4 Å². The van der Waals surface area contributed by atoms with Crippen molar-refractivity contribution in [2.45, 2.75) is 37.8 Å². The molecule has 4 nitrogen and oxygen atoms in total. The lowest BCUT2D eigenvalue weighted by atomic mass is 9.82. The second kappa shape index (κ2) is 4.37. The molecule has 3 atom stereocenters. The van der Waals surface area contributed by atoms with Crippen LogP contribution in [0.25, 0.3) is 0 Å². The van der Waals surface area contributed by atoms with Crippen molar-refractivity contribution in [2.75, 3.05) is 11.9 Å². The van der Waals surface area contributed by atoms with Gasteiger partial charge in [-0.1, -0.05) is 0 Å². The van der Waals surface area contributed by atoms with Gasteiger partial charge in [0.1, 0.15) is 5.82 Å². The zero-order valence-electron chi connectivity index (χ0n) is 9.30. The molecule has 2 heterocycles. The van der Waals surface area contributed by atoms with Gasteiger partial charge in [0.25, 0.3) is 0 Å². The molecule has 0 spiro atoms. The average Bonchev–Trinajstić information content (AvgIpc) is 2.80. The van der Waals surface area contributed by atoms with Crippen LogP contribution in [0, 0.1) is 5.92 Å². The van der Waals surface area contributed by atoms with Gasteiger partial charge in [0.05, 0.1) is 12.3 Å². The van der Waals surface area contributed by atoms with Crippen LogP contribution in [0.15, 0.2) is 18.6 Å². The number of hydrogen-bond acceptors (Lipinski definition) is 4. The number of nitrogens with zero attached hydrogens (tertiary/aromatic N) is 2. The Morgan fingerprint density at radius 1 is 1.25 bits per heavy atom. The molecule has 0 unspecified atom stereocenters. The van der Waals surface area contributed by atoms with Gasteiger partial charge < -0.3 is 10.1 Å². The molecule has 0 radical (unpaired) electrons. The molecule has 0 bridgehead atoms. The molecular weight excluding hydrogens is 202 g/mol. The van der Waals surface area contributed by atoms with Crippen LogP contribution >= 0.6 is 0 Å². The van der Waals surface area contributed by atoms with Gasteiger partial charge in [-0.3, -0.25) is 4.98 Å². The van der Waals surface area contributed by atoms with Crippen molar-refractivity contribution in [3.05, 3.63) is 18.6 Å². The summed E-state index contributed by atoms with van der Waals surface area (Å²) in [6.07, 6.45) is 10.6. The molecule has 86 valence electrons. The molecular formula is C12H17N3O. The van der Waals surface area contributed by atoms with E-state index < -0.39 is 0 Å². The van der Waals surface area contributed by atoms with E-state index in [1.165, 1.54) is 25.7 Å². The first-order valence-corrected chi connectivity index (χ1v) is 6.07. The summed E-state index contributed by atoms with van der Waals surface area (Å²) in [5.74, 6) is 1.55. The van der Waals surface area contributed by atoms with Crippen molar-refractivity contribution < 1.29 is 4.74 Å². The van der Waals surface area contributed by atoms with Crippen LogP contribution in [0.5, 0.6) is 0 Å². The standard InChI is InChI=1S/C12H17N3O/c1-2-10(9-4-7-16-11(9)3-1)15-12-8-13-5-6-14-12/h5-6,8-11H,1-4,7H2,(H,14,15)/t9-,10+,11-/m0/s1. The zero-order valence-corrected chi connectivity index (χ0v) is 9.30. The number of fused-ring (bicyclic) bond motifs is 1. The molecule has 4 heteroatoms. The van der Waals surface area contributed by atoms with Gasteiger partial charge >= 0.3 is 0 Å². The second-order valence-electron chi connectivity index (χ2n) is 4.63. The first-order chi connectivity index (χ1) is 7.93.